The van der Waals surface area contributed by atoms with Crippen molar-refractivity contribution in [3.8, 4) is 0 Å². The second-order valence-electron chi connectivity index (χ2n) is 7.61. The Morgan fingerprint density at radius 1 is 1.00 bits per heavy atom. The Kier molecular flexibility index (Phi) is 4.06. The van der Waals surface area contributed by atoms with Crippen LogP contribution in [0.1, 0.15) is 24.0 Å². The van der Waals surface area contributed by atoms with Crippen molar-refractivity contribution in [1.29, 1.82) is 0 Å². The minimum atomic E-state index is 0.898. The van der Waals surface area contributed by atoms with Crippen molar-refractivity contribution in [2.45, 2.75) is 26.3 Å². The summed E-state index contributed by atoms with van der Waals surface area (Å²) in [5.41, 5.74) is 2.84. The highest BCUT2D eigenvalue weighted by Gasteiger charge is 2.36. The summed E-state index contributed by atoms with van der Waals surface area (Å²) >= 11 is 0. The van der Waals surface area contributed by atoms with Gasteiger partial charge in [0.05, 0.1) is 0 Å². The summed E-state index contributed by atoms with van der Waals surface area (Å²) in [6, 6.07) is 8.96. The van der Waals surface area contributed by atoms with E-state index < -0.39 is 0 Å². The van der Waals surface area contributed by atoms with Gasteiger partial charge in [0, 0.05) is 39.3 Å². The second-order valence-corrected chi connectivity index (χ2v) is 7.61. The molecule has 22 heavy (non-hydrogen) atoms. The van der Waals surface area contributed by atoms with Gasteiger partial charge in [-0.1, -0.05) is 42.0 Å². The van der Waals surface area contributed by atoms with Gasteiger partial charge in [-0.25, -0.2) is 0 Å². The number of allylic oxidation sites excluding steroid dienone is 2. The predicted octanol–water partition coefficient (Wildman–Crippen LogP) is 3.32. The van der Waals surface area contributed by atoms with Crippen LogP contribution in [-0.2, 0) is 6.54 Å². The van der Waals surface area contributed by atoms with Crippen LogP contribution in [0.5, 0.6) is 0 Å². The maximum absolute atomic E-state index is 2.71. The van der Waals surface area contributed by atoms with Crippen molar-refractivity contribution in [3.05, 3.63) is 47.5 Å². The van der Waals surface area contributed by atoms with Gasteiger partial charge in [0.15, 0.2) is 0 Å². The quantitative estimate of drug-likeness (QED) is 0.786. The Bertz CT molecular complexity index is 542. The minimum absolute atomic E-state index is 0.898. The largest absolute Gasteiger partial charge is 0.300 e. The molecule has 0 spiro atoms. The molecule has 1 saturated carbocycles. The van der Waals surface area contributed by atoms with E-state index in [1.54, 1.807) is 0 Å². The predicted molar refractivity (Wildman–Crippen MR) is 91.7 cm³/mol. The normalized spacial score (nSPS) is 32.0. The molecule has 1 saturated heterocycles. The first kappa shape index (κ1) is 14.5. The third kappa shape index (κ3) is 3.13. The van der Waals surface area contributed by atoms with E-state index in [0.29, 0.717) is 0 Å². The van der Waals surface area contributed by atoms with Gasteiger partial charge in [-0.15, -0.1) is 0 Å². The number of piperazine rings is 1. The fraction of sp³-hybridized carbons (Fsp3) is 0.600. The highest BCUT2D eigenvalue weighted by atomic mass is 15.3. The molecule has 2 fully saturated rings. The lowest BCUT2D eigenvalue weighted by Gasteiger charge is -2.37. The Morgan fingerprint density at radius 3 is 2.50 bits per heavy atom. The van der Waals surface area contributed by atoms with Gasteiger partial charge in [0.2, 0.25) is 0 Å². The molecule has 0 unspecified atom stereocenters. The van der Waals surface area contributed by atoms with Crippen molar-refractivity contribution in [3.63, 3.8) is 0 Å². The van der Waals surface area contributed by atoms with Crippen LogP contribution in [0.15, 0.2) is 36.4 Å². The van der Waals surface area contributed by atoms with E-state index in [4.69, 9.17) is 0 Å². The second kappa shape index (κ2) is 6.17. The lowest BCUT2D eigenvalue weighted by molar-refractivity contribution is 0.108. The molecule has 1 aromatic rings. The molecule has 0 amide bonds. The molecule has 2 heteroatoms. The number of rotatable bonds is 4. The molecule has 4 rings (SSSR count). The molecule has 3 aliphatic rings. The molecule has 2 bridgehead atoms. The van der Waals surface area contributed by atoms with E-state index in [1.807, 2.05) is 0 Å². The molecular formula is C20H28N2. The standard InChI is InChI=1S/C20H28N2/c1-16-3-2-4-18(11-16)14-21-7-9-22(10-8-21)15-20-13-17-5-6-19(20)12-17/h2-6,11,17,19-20H,7-10,12-15H2,1H3/t17-,19-,20-/m1/s1. The number of nitrogens with zero attached hydrogens (tertiary/aromatic N) is 2. The fourth-order valence-corrected chi connectivity index (χ4v) is 4.63. The van der Waals surface area contributed by atoms with E-state index in [-0.39, 0.29) is 0 Å². The lowest BCUT2D eigenvalue weighted by atomic mass is 9.93. The summed E-state index contributed by atoms with van der Waals surface area (Å²) in [5.74, 6) is 2.76. The van der Waals surface area contributed by atoms with Gasteiger partial charge >= 0.3 is 0 Å². The molecule has 1 aromatic carbocycles. The topological polar surface area (TPSA) is 6.48 Å². The zero-order valence-electron chi connectivity index (χ0n) is 13.7. The van der Waals surface area contributed by atoms with Crippen molar-refractivity contribution in [1.82, 2.24) is 9.80 Å². The minimum Gasteiger partial charge on any atom is -0.300 e. The number of hydrogen-bond donors (Lipinski definition) is 0. The number of hydrogen-bond acceptors (Lipinski definition) is 2. The SMILES string of the molecule is Cc1cccc(CN2CCN(C[C@H]3C[C@@H]4C=C[C@@H]3C4)CC2)c1. The first-order valence-corrected chi connectivity index (χ1v) is 8.95. The summed E-state index contributed by atoms with van der Waals surface area (Å²) in [6.07, 6.45) is 7.84. The van der Waals surface area contributed by atoms with Gasteiger partial charge in [-0.05, 0) is 43.1 Å². The highest BCUT2D eigenvalue weighted by Crippen LogP contribution is 2.43. The van der Waals surface area contributed by atoms with Gasteiger partial charge in [-0.2, -0.15) is 0 Å². The Hall–Kier alpha value is -1.12. The van der Waals surface area contributed by atoms with Crippen molar-refractivity contribution < 1.29 is 0 Å². The molecule has 1 heterocycles. The van der Waals surface area contributed by atoms with Crippen molar-refractivity contribution in [2.75, 3.05) is 32.7 Å². The molecule has 3 atom stereocenters. The number of aryl methyl sites for hydroxylation is 1. The average molecular weight is 296 g/mol. The smallest absolute Gasteiger partial charge is 0.0234 e. The van der Waals surface area contributed by atoms with Crippen molar-refractivity contribution in [2.24, 2.45) is 17.8 Å². The molecule has 0 aromatic heterocycles. The molecule has 1 aliphatic heterocycles. The van der Waals surface area contributed by atoms with Gasteiger partial charge in [0.1, 0.15) is 0 Å². The Balaban J connectivity index is 1.25. The third-order valence-corrected chi connectivity index (χ3v) is 5.86. The van der Waals surface area contributed by atoms with Crippen LogP contribution in [0, 0.1) is 24.7 Å². The number of fused-ring (bicyclic) bond motifs is 2. The van der Waals surface area contributed by atoms with E-state index >= 15 is 0 Å². The zero-order valence-corrected chi connectivity index (χ0v) is 13.7. The van der Waals surface area contributed by atoms with E-state index in [0.717, 1.165) is 24.3 Å². The van der Waals surface area contributed by atoms with Gasteiger partial charge in [0.25, 0.3) is 0 Å². The average Bonchev–Trinajstić information content (AvgIpc) is 3.12. The third-order valence-electron chi connectivity index (χ3n) is 5.86. The Labute approximate surface area is 134 Å². The first-order valence-electron chi connectivity index (χ1n) is 8.95. The maximum atomic E-state index is 2.71. The van der Waals surface area contributed by atoms with E-state index in [1.165, 1.54) is 56.7 Å². The summed E-state index contributed by atoms with van der Waals surface area (Å²) in [6.45, 7) is 9.60. The van der Waals surface area contributed by atoms with E-state index in [2.05, 4.69) is 53.1 Å². The summed E-state index contributed by atoms with van der Waals surface area (Å²) in [5, 5.41) is 0. The van der Waals surface area contributed by atoms with Crippen LogP contribution in [0.25, 0.3) is 0 Å². The first-order chi connectivity index (χ1) is 10.8. The molecule has 0 radical (unpaired) electrons. The van der Waals surface area contributed by atoms with Crippen LogP contribution in [-0.4, -0.2) is 42.5 Å². The number of benzene rings is 1. The zero-order chi connectivity index (χ0) is 14.9. The highest BCUT2D eigenvalue weighted by molar-refractivity contribution is 5.22. The summed E-state index contributed by atoms with van der Waals surface area (Å²) in [7, 11) is 0. The van der Waals surface area contributed by atoms with Gasteiger partial charge < -0.3 is 4.90 Å². The summed E-state index contributed by atoms with van der Waals surface area (Å²) in [4.78, 5) is 5.33. The molecular weight excluding hydrogens is 268 g/mol. The van der Waals surface area contributed by atoms with Crippen LogP contribution in [0.2, 0.25) is 0 Å². The lowest BCUT2D eigenvalue weighted by Crippen LogP contribution is -2.47. The van der Waals surface area contributed by atoms with Crippen LogP contribution in [0.4, 0.5) is 0 Å². The van der Waals surface area contributed by atoms with E-state index in [9.17, 15) is 0 Å². The van der Waals surface area contributed by atoms with Crippen LogP contribution < -0.4 is 0 Å². The summed E-state index contributed by atoms with van der Waals surface area (Å²) < 4.78 is 0. The van der Waals surface area contributed by atoms with Crippen molar-refractivity contribution >= 4 is 0 Å². The molecule has 118 valence electrons. The van der Waals surface area contributed by atoms with Gasteiger partial charge in [-0.3, -0.25) is 4.90 Å². The van der Waals surface area contributed by atoms with Crippen LogP contribution in [0.3, 0.4) is 0 Å². The molecule has 2 nitrogen and oxygen atoms in total. The molecule has 2 aliphatic carbocycles. The maximum Gasteiger partial charge on any atom is 0.0234 e. The monoisotopic (exact) mass is 296 g/mol. The fourth-order valence-electron chi connectivity index (χ4n) is 4.63. The van der Waals surface area contributed by atoms with Crippen LogP contribution >= 0.6 is 0 Å². The molecule has 0 N–H and O–H groups in total. The Morgan fingerprint density at radius 2 is 1.82 bits per heavy atom.